The third kappa shape index (κ3) is 5.24. The Kier molecular flexibility index (Phi) is 10.6. The first-order chi connectivity index (χ1) is 14.4. The first-order valence-electron chi connectivity index (χ1n) is 11.3. The summed E-state index contributed by atoms with van der Waals surface area (Å²) in [7, 11) is 2.65. The zero-order valence-electron chi connectivity index (χ0n) is 19.7. The smallest absolute Gasteiger partial charge is 0.142 e. The topological polar surface area (TPSA) is 46.5 Å². The number of Topliss-reactive ketones (excluding diaryl/α,β-unsaturated/α-hetero) is 1. The average Bonchev–Trinajstić information content (AvgIpc) is 3.03. The van der Waals surface area contributed by atoms with Crippen LogP contribution in [-0.2, 0) is 9.53 Å². The number of hydrogen-bond acceptors (Lipinski definition) is 3. The molecule has 0 aromatic rings. The van der Waals surface area contributed by atoms with E-state index in [1.54, 1.807) is 13.2 Å². The largest absolute Gasteiger partial charge is 0.502 e. The first kappa shape index (κ1) is 26.2. The second-order valence-electron chi connectivity index (χ2n) is 8.46. The molecule has 0 saturated heterocycles. The molecule has 0 amide bonds. The number of aliphatic hydroxyl groups excluding tert-OH is 1. The number of hydrogen-bond donors (Lipinski definition) is 1. The Morgan fingerprint density at radius 2 is 1.93 bits per heavy atom. The van der Waals surface area contributed by atoms with Crippen LogP contribution >= 0.6 is 0 Å². The standard InChI is InChI=1S/C24H32O2.C2H6.CH4O/c1-6-7-8-9-19-16(2)10-11-21-20(19)12-13-24(4)22(21)15-18(23(24)25)14-17(3)26-5;2*1-2/h6-9,18,20-22H,1-3,10-15H2,4-5H3;1-2H3;2H,1H3/b8-7-,19-9+;;. The van der Waals surface area contributed by atoms with Crippen molar-refractivity contribution in [2.24, 2.45) is 29.1 Å². The molecule has 0 radical (unpaired) electrons. The molecule has 3 aliphatic rings. The highest BCUT2D eigenvalue weighted by atomic mass is 16.5. The predicted octanol–water partition coefficient (Wildman–Crippen LogP) is 6.43. The minimum atomic E-state index is -0.166. The van der Waals surface area contributed by atoms with E-state index < -0.39 is 0 Å². The van der Waals surface area contributed by atoms with Crippen LogP contribution in [0.2, 0.25) is 0 Å². The first-order valence-corrected chi connectivity index (χ1v) is 11.3. The van der Waals surface area contributed by atoms with Gasteiger partial charge in [-0.3, -0.25) is 4.79 Å². The van der Waals surface area contributed by atoms with Crippen molar-refractivity contribution in [3.8, 4) is 0 Å². The molecular formula is C27H42O3. The van der Waals surface area contributed by atoms with Gasteiger partial charge in [0.15, 0.2) is 0 Å². The molecule has 0 heterocycles. The van der Waals surface area contributed by atoms with Gasteiger partial charge in [-0.1, -0.05) is 70.4 Å². The summed E-state index contributed by atoms with van der Waals surface area (Å²) >= 11 is 0. The van der Waals surface area contributed by atoms with E-state index in [2.05, 4.69) is 38.8 Å². The molecule has 0 aliphatic heterocycles. The summed E-state index contributed by atoms with van der Waals surface area (Å²) < 4.78 is 5.26. The lowest BCUT2D eigenvalue weighted by atomic mass is 9.55. The summed E-state index contributed by atoms with van der Waals surface area (Å²) in [6.07, 6.45) is 14.0. The number of aliphatic hydroxyl groups is 1. The molecule has 3 aliphatic carbocycles. The molecule has 3 saturated carbocycles. The van der Waals surface area contributed by atoms with Crippen LogP contribution < -0.4 is 0 Å². The van der Waals surface area contributed by atoms with Gasteiger partial charge in [0.1, 0.15) is 5.78 Å². The van der Waals surface area contributed by atoms with Gasteiger partial charge in [-0.05, 0) is 55.4 Å². The molecule has 168 valence electrons. The van der Waals surface area contributed by atoms with Crippen LogP contribution in [0.3, 0.4) is 0 Å². The Labute approximate surface area is 184 Å². The summed E-state index contributed by atoms with van der Waals surface area (Å²) in [5.41, 5.74) is 2.51. The zero-order chi connectivity index (χ0) is 22.9. The Morgan fingerprint density at radius 1 is 1.27 bits per heavy atom. The second-order valence-corrected chi connectivity index (χ2v) is 8.46. The Morgan fingerprint density at radius 3 is 2.53 bits per heavy atom. The van der Waals surface area contributed by atoms with Crippen molar-refractivity contribution in [3.63, 3.8) is 0 Å². The van der Waals surface area contributed by atoms with E-state index in [1.807, 2.05) is 19.9 Å². The van der Waals surface area contributed by atoms with E-state index in [0.29, 0.717) is 30.0 Å². The fourth-order valence-corrected chi connectivity index (χ4v) is 5.78. The summed E-state index contributed by atoms with van der Waals surface area (Å²) in [6.45, 7) is 18.2. The third-order valence-electron chi connectivity index (χ3n) is 7.17. The van der Waals surface area contributed by atoms with Crippen molar-refractivity contribution in [2.45, 2.75) is 59.3 Å². The average molecular weight is 415 g/mol. The van der Waals surface area contributed by atoms with Crippen LogP contribution in [0, 0.1) is 29.1 Å². The van der Waals surface area contributed by atoms with Crippen LogP contribution in [-0.4, -0.2) is 25.1 Å². The summed E-state index contributed by atoms with van der Waals surface area (Å²) in [4.78, 5) is 13.2. The molecule has 0 bridgehead atoms. The summed E-state index contributed by atoms with van der Waals surface area (Å²) in [5, 5.41) is 7.00. The minimum absolute atomic E-state index is 0.0782. The van der Waals surface area contributed by atoms with Gasteiger partial charge in [0.2, 0.25) is 0 Å². The quantitative estimate of drug-likeness (QED) is 0.416. The van der Waals surface area contributed by atoms with Gasteiger partial charge >= 0.3 is 0 Å². The van der Waals surface area contributed by atoms with E-state index in [0.717, 1.165) is 45.0 Å². The molecule has 3 heteroatoms. The molecule has 0 aromatic carbocycles. The number of fused-ring (bicyclic) bond motifs is 3. The van der Waals surface area contributed by atoms with Crippen LogP contribution in [0.25, 0.3) is 0 Å². The fourth-order valence-electron chi connectivity index (χ4n) is 5.78. The number of ether oxygens (including phenoxy) is 1. The van der Waals surface area contributed by atoms with Gasteiger partial charge in [0, 0.05) is 24.9 Å². The predicted molar refractivity (Wildman–Crippen MR) is 127 cm³/mol. The number of methoxy groups -OCH3 is 1. The van der Waals surface area contributed by atoms with Gasteiger partial charge in [0.25, 0.3) is 0 Å². The molecule has 3 rings (SSSR count). The van der Waals surface area contributed by atoms with Crippen LogP contribution in [0.5, 0.6) is 0 Å². The van der Waals surface area contributed by atoms with E-state index >= 15 is 0 Å². The lowest BCUT2D eigenvalue weighted by Gasteiger charge is -2.49. The minimum Gasteiger partial charge on any atom is -0.502 e. The normalized spacial score (nSPS) is 33.6. The maximum Gasteiger partial charge on any atom is 0.142 e. The Balaban J connectivity index is 0.00000106. The van der Waals surface area contributed by atoms with Gasteiger partial charge in [-0.2, -0.15) is 0 Å². The number of carbonyl (C=O) groups is 1. The summed E-state index contributed by atoms with van der Waals surface area (Å²) in [5.74, 6) is 2.86. The van der Waals surface area contributed by atoms with Gasteiger partial charge in [-0.15, -0.1) is 0 Å². The highest BCUT2D eigenvalue weighted by Gasteiger charge is 2.58. The number of allylic oxidation sites excluding steroid dienone is 7. The fraction of sp³-hybridized carbons (Fsp3) is 0.593. The molecule has 5 atom stereocenters. The van der Waals surface area contributed by atoms with E-state index in [9.17, 15) is 4.79 Å². The molecule has 0 spiro atoms. The van der Waals surface area contributed by atoms with Crippen LogP contribution in [0.1, 0.15) is 59.3 Å². The highest BCUT2D eigenvalue weighted by Crippen LogP contribution is 2.61. The number of carbonyl (C=O) groups excluding carboxylic acids is 1. The van der Waals surface area contributed by atoms with Gasteiger partial charge < -0.3 is 9.84 Å². The molecule has 0 aromatic heterocycles. The SMILES string of the molecule is C=C/C=C\C=C1/C(=C)CCC2C1CCC1(C)C(=O)C(CC(=C)OC)CC21.CC.CO. The Bertz CT molecular complexity index is 684. The van der Waals surface area contributed by atoms with Gasteiger partial charge in [0.05, 0.1) is 12.9 Å². The van der Waals surface area contributed by atoms with Crippen molar-refractivity contribution in [2.75, 3.05) is 14.2 Å². The zero-order valence-corrected chi connectivity index (χ0v) is 19.7. The monoisotopic (exact) mass is 414 g/mol. The van der Waals surface area contributed by atoms with Gasteiger partial charge in [-0.25, -0.2) is 0 Å². The van der Waals surface area contributed by atoms with Crippen molar-refractivity contribution >= 4 is 5.78 Å². The molecule has 5 unspecified atom stereocenters. The third-order valence-corrected chi connectivity index (χ3v) is 7.17. The number of ketones is 1. The molecule has 3 nitrogen and oxygen atoms in total. The second kappa shape index (κ2) is 12.1. The van der Waals surface area contributed by atoms with Crippen LogP contribution in [0.15, 0.2) is 60.9 Å². The lowest BCUT2D eigenvalue weighted by molar-refractivity contribution is -0.132. The maximum absolute atomic E-state index is 13.2. The van der Waals surface area contributed by atoms with Crippen molar-refractivity contribution in [3.05, 3.63) is 60.9 Å². The van der Waals surface area contributed by atoms with E-state index in [1.165, 1.54) is 11.1 Å². The van der Waals surface area contributed by atoms with Crippen molar-refractivity contribution in [1.82, 2.24) is 0 Å². The molecule has 30 heavy (non-hydrogen) atoms. The molecule has 3 fully saturated rings. The van der Waals surface area contributed by atoms with E-state index in [4.69, 9.17) is 9.84 Å². The number of rotatable bonds is 5. The maximum atomic E-state index is 13.2. The molecular weight excluding hydrogens is 372 g/mol. The van der Waals surface area contributed by atoms with Crippen LogP contribution in [0.4, 0.5) is 0 Å². The molecule has 1 N–H and O–H groups in total. The van der Waals surface area contributed by atoms with Crippen molar-refractivity contribution < 1.29 is 14.6 Å². The lowest BCUT2D eigenvalue weighted by Crippen LogP contribution is -2.43. The highest BCUT2D eigenvalue weighted by molar-refractivity contribution is 5.89. The Hall–Kier alpha value is -1.87. The van der Waals surface area contributed by atoms with Crippen molar-refractivity contribution in [1.29, 1.82) is 0 Å². The van der Waals surface area contributed by atoms with E-state index in [-0.39, 0.29) is 11.3 Å². The summed E-state index contributed by atoms with van der Waals surface area (Å²) in [6, 6.07) is 0.